The molecule has 0 aliphatic carbocycles. The molecule has 0 aliphatic heterocycles. The number of benzene rings is 2. The highest BCUT2D eigenvalue weighted by Gasteiger charge is 2.13. The molecule has 0 saturated carbocycles. The van der Waals surface area contributed by atoms with Gasteiger partial charge >= 0.3 is 0 Å². The number of para-hydroxylation sites is 1. The second kappa shape index (κ2) is 7.62. The third kappa shape index (κ3) is 3.40. The van der Waals surface area contributed by atoms with Crippen molar-refractivity contribution in [3.05, 3.63) is 52.3 Å². The normalized spacial score (nSPS) is 12.1. The minimum Gasteiger partial charge on any atom is -0.492 e. The van der Waals surface area contributed by atoms with E-state index in [-0.39, 0.29) is 5.91 Å². The fourth-order valence-electron chi connectivity index (χ4n) is 3.03. The van der Waals surface area contributed by atoms with Crippen molar-refractivity contribution in [1.82, 2.24) is 9.55 Å². The number of fused-ring (bicyclic) bond motifs is 2. The van der Waals surface area contributed by atoms with Gasteiger partial charge in [-0.1, -0.05) is 24.3 Å². The van der Waals surface area contributed by atoms with E-state index in [0.717, 1.165) is 39.1 Å². The Bertz CT molecular complexity index is 1190. The van der Waals surface area contributed by atoms with Crippen LogP contribution in [0.3, 0.4) is 0 Å². The summed E-state index contributed by atoms with van der Waals surface area (Å²) in [7, 11) is 0. The van der Waals surface area contributed by atoms with Crippen LogP contribution in [-0.2, 0) is 6.54 Å². The minimum atomic E-state index is -0.236. The third-order valence-corrected chi connectivity index (χ3v) is 6.02. The Balaban J connectivity index is 1.84. The third-order valence-electron chi connectivity index (χ3n) is 4.19. The van der Waals surface area contributed by atoms with Crippen LogP contribution < -0.4 is 9.54 Å². The van der Waals surface area contributed by atoms with Crippen molar-refractivity contribution in [3.63, 3.8) is 0 Å². The van der Waals surface area contributed by atoms with Crippen molar-refractivity contribution in [3.8, 4) is 5.75 Å². The highest BCUT2D eigenvalue weighted by Crippen LogP contribution is 2.28. The van der Waals surface area contributed by atoms with Gasteiger partial charge in [0.2, 0.25) is 0 Å². The second-order valence-electron chi connectivity index (χ2n) is 6.02. The molecule has 4 rings (SSSR count). The standard InChI is InChI=1S/C20H19N3O2S2/c1-3-10-23-18-15(25-4-2)6-5-7-16(18)27-20(23)22-19(24)13-8-9-14-17(11-13)26-12-21-14/h5-9,11-12H,3-4,10H2,1-2H3. The van der Waals surface area contributed by atoms with Gasteiger partial charge < -0.3 is 9.30 Å². The lowest BCUT2D eigenvalue weighted by Crippen LogP contribution is -2.17. The quantitative estimate of drug-likeness (QED) is 0.483. The largest absolute Gasteiger partial charge is 0.492 e. The van der Waals surface area contributed by atoms with Crippen molar-refractivity contribution < 1.29 is 9.53 Å². The first-order chi connectivity index (χ1) is 13.2. The van der Waals surface area contributed by atoms with E-state index < -0.39 is 0 Å². The average molecular weight is 398 g/mol. The highest BCUT2D eigenvalue weighted by molar-refractivity contribution is 7.17. The summed E-state index contributed by atoms with van der Waals surface area (Å²) in [4.78, 5) is 22.2. The molecule has 7 heteroatoms. The van der Waals surface area contributed by atoms with Gasteiger partial charge in [-0.25, -0.2) is 4.98 Å². The molecule has 0 radical (unpaired) electrons. The summed E-state index contributed by atoms with van der Waals surface area (Å²) in [6.07, 6.45) is 0.945. The van der Waals surface area contributed by atoms with Crippen molar-refractivity contribution in [1.29, 1.82) is 0 Å². The minimum absolute atomic E-state index is 0.236. The van der Waals surface area contributed by atoms with Gasteiger partial charge in [0.1, 0.15) is 11.3 Å². The monoisotopic (exact) mass is 397 g/mol. The fraction of sp³-hybridized carbons (Fsp3) is 0.250. The van der Waals surface area contributed by atoms with Crippen LogP contribution in [0, 0.1) is 0 Å². The second-order valence-corrected chi connectivity index (χ2v) is 7.92. The van der Waals surface area contributed by atoms with Gasteiger partial charge in [-0.05, 0) is 43.7 Å². The molecule has 0 fully saturated rings. The van der Waals surface area contributed by atoms with Gasteiger partial charge in [-0.15, -0.1) is 11.3 Å². The molecular formula is C20H19N3O2S2. The lowest BCUT2D eigenvalue weighted by molar-refractivity contribution is 0.0998. The molecule has 138 valence electrons. The summed E-state index contributed by atoms with van der Waals surface area (Å²) < 4.78 is 9.95. The molecule has 2 aromatic carbocycles. The molecule has 4 aromatic rings. The summed E-state index contributed by atoms with van der Waals surface area (Å²) in [6.45, 7) is 5.47. The van der Waals surface area contributed by atoms with Crippen LogP contribution in [0.1, 0.15) is 30.6 Å². The summed E-state index contributed by atoms with van der Waals surface area (Å²) in [5.74, 6) is 0.597. The number of amides is 1. The number of ether oxygens (including phenoxy) is 1. The van der Waals surface area contributed by atoms with Crippen LogP contribution in [0.15, 0.2) is 46.9 Å². The van der Waals surface area contributed by atoms with Gasteiger partial charge in [0.25, 0.3) is 5.91 Å². The van der Waals surface area contributed by atoms with Crippen LogP contribution in [-0.4, -0.2) is 22.1 Å². The van der Waals surface area contributed by atoms with E-state index in [1.54, 1.807) is 11.6 Å². The number of aromatic nitrogens is 2. The first kappa shape index (κ1) is 17.9. The molecule has 0 spiro atoms. The maximum Gasteiger partial charge on any atom is 0.279 e. The van der Waals surface area contributed by atoms with Crippen LogP contribution in [0.2, 0.25) is 0 Å². The number of carbonyl (C=O) groups excluding carboxylic acids is 1. The van der Waals surface area contributed by atoms with Crippen LogP contribution >= 0.6 is 22.7 Å². The molecule has 2 heterocycles. The maximum atomic E-state index is 12.8. The SMILES string of the molecule is CCCn1c(=NC(=O)c2ccc3ncsc3c2)sc2cccc(OCC)c21. The van der Waals surface area contributed by atoms with Gasteiger partial charge in [-0.3, -0.25) is 4.79 Å². The number of hydrogen-bond acceptors (Lipinski definition) is 5. The summed E-state index contributed by atoms with van der Waals surface area (Å²) in [5, 5.41) is 0. The Morgan fingerprint density at radius 2 is 2.11 bits per heavy atom. The van der Waals surface area contributed by atoms with Gasteiger partial charge in [0, 0.05) is 12.1 Å². The molecule has 5 nitrogen and oxygen atoms in total. The molecule has 0 atom stereocenters. The van der Waals surface area contributed by atoms with E-state index >= 15 is 0 Å². The van der Waals surface area contributed by atoms with Gasteiger partial charge in [0.15, 0.2) is 4.80 Å². The van der Waals surface area contributed by atoms with Crippen LogP contribution in [0.25, 0.3) is 20.4 Å². The fourth-order valence-corrected chi connectivity index (χ4v) is 4.81. The zero-order valence-electron chi connectivity index (χ0n) is 15.1. The summed E-state index contributed by atoms with van der Waals surface area (Å²) >= 11 is 3.04. The Morgan fingerprint density at radius 1 is 1.22 bits per heavy atom. The van der Waals surface area contributed by atoms with E-state index in [1.165, 1.54) is 22.7 Å². The Hall–Kier alpha value is -2.51. The molecular weight excluding hydrogens is 378 g/mol. The molecule has 1 amide bonds. The Kier molecular flexibility index (Phi) is 5.05. The number of aryl methyl sites for hydroxylation is 1. The number of thiazole rings is 2. The van der Waals surface area contributed by atoms with E-state index in [1.807, 2.05) is 37.3 Å². The van der Waals surface area contributed by atoms with Crippen molar-refractivity contribution in [2.45, 2.75) is 26.8 Å². The molecule has 2 aromatic heterocycles. The molecule has 0 bridgehead atoms. The smallest absolute Gasteiger partial charge is 0.279 e. The van der Waals surface area contributed by atoms with Crippen LogP contribution in [0.5, 0.6) is 5.75 Å². The first-order valence-electron chi connectivity index (χ1n) is 8.88. The van der Waals surface area contributed by atoms with Gasteiger partial charge in [-0.2, -0.15) is 4.99 Å². The van der Waals surface area contributed by atoms with Crippen molar-refractivity contribution in [2.75, 3.05) is 6.61 Å². The lowest BCUT2D eigenvalue weighted by atomic mass is 10.2. The average Bonchev–Trinajstić information content (AvgIpc) is 3.27. The molecule has 0 saturated heterocycles. The number of rotatable bonds is 5. The van der Waals surface area contributed by atoms with Gasteiger partial charge in [0.05, 0.1) is 27.0 Å². The van der Waals surface area contributed by atoms with E-state index in [2.05, 4.69) is 21.5 Å². The van der Waals surface area contributed by atoms with Crippen molar-refractivity contribution in [2.24, 2.45) is 4.99 Å². The van der Waals surface area contributed by atoms with E-state index in [0.29, 0.717) is 17.0 Å². The zero-order chi connectivity index (χ0) is 18.8. The molecule has 27 heavy (non-hydrogen) atoms. The Labute approximate surface area is 164 Å². The highest BCUT2D eigenvalue weighted by atomic mass is 32.1. The summed E-state index contributed by atoms with van der Waals surface area (Å²) in [6, 6.07) is 11.5. The number of nitrogens with zero attached hydrogens (tertiary/aromatic N) is 3. The Morgan fingerprint density at radius 3 is 2.93 bits per heavy atom. The molecule has 0 N–H and O–H groups in total. The predicted octanol–water partition coefficient (Wildman–Crippen LogP) is 4.86. The van der Waals surface area contributed by atoms with Crippen LogP contribution in [0.4, 0.5) is 0 Å². The number of carbonyl (C=O) groups is 1. The predicted molar refractivity (Wildman–Crippen MR) is 111 cm³/mol. The lowest BCUT2D eigenvalue weighted by Gasteiger charge is -2.08. The zero-order valence-corrected chi connectivity index (χ0v) is 16.8. The first-order valence-corrected chi connectivity index (χ1v) is 10.6. The van der Waals surface area contributed by atoms with Crippen molar-refractivity contribution >= 4 is 49.0 Å². The maximum absolute atomic E-state index is 12.8. The topological polar surface area (TPSA) is 56.5 Å². The van der Waals surface area contributed by atoms with E-state index in [9.17, 15) is 4.79 Å². The van der Waals surface area contributed by atoms with E-state index in [4.69, 9.17) is 4.74 Å². The molecule has 0 aliphatic rings. The summed E-state index contributed by atoms with van der Waals surface area (Å²) in [5.41, 5.74) is 4.28. The molecule has 0 unspecified atom stereocenters. The number of hydrogen-bond donors (Lipinski definition) is 0.